The number of aromatic hydroxyl groups is 1. The average Bonchev–Trinajstić information content (AvgIpc) is 2.23. The maximum absolute atomic E-state index is 10.9. The molecule has 1 fully saturated rings. The molecule has 2 N–H and O–H groups in total. The standard InChI is InChI=1S/C13H18N2O3/c1-8(2)9-5-10(6-9)14-12-4-3-11(16)7-13(12)15(17)18/h3-4,7-10,14,16H,5-6H2,1-2H3. The third kappa shape index (κ3) is 2.55. The molecule has 1 aromatic carbocycles. The zero-order valence-corrected chi connectivity index (χ0v) is 10.6. The van der Waals surface area contributed by atoms with Crippen LogP contribution in [0.1, 0.15) is 26.7 Å². The van der Waals surface area contributed by atoms with Crippen molar-refractivity contribution in [2.24, 2.45) is 11.8 Å². The monoisotopic (exact) mass is 250 g/mol. The van der Waals surface area contributed by atoms with Gasteiger partial charge in [0.2, 0.25) is 0 Å². The van der Waals surface area contributed by atoms with Gasteiger partial charge in [0.05, 0.1) is 11.0 Å². The summed E-state index contributed by atoms with van der Waals surface area (Å²) in [6.07, 6.45) is 2.10. The lowest BCUT2D eigenvalue weighted by Gasteiger charge is -2.38. The fourth-order valence-electron chi connectivity index (χ4n) is 2.34. The first kappa shape index (κ1) is 12.7. The van der Waals surface area contributed by atoms with Crippen molar-refractivity contribution in [3.8, 4) is 5.75 Å². The smallest absolute Gasteiger partial charge is 0.296 e. The van der Waals surface area contributed by atoms with E-state index in [0.29, 0.717) is 23.6 Å². The molecule has 1 saturated carbocycles. The molecule has 0 saturated heterocycles. The minimum Gasteiger partial charge on any atom is -0.508 e. The van der Waals surface area contributed by atoms with Crippen molar-refractivity contribution < 1.29 is 10.0 Å². The Morgan fingerprint density at radius 1 is 1.44 bits per heavy atom. The highest BCUT2D eigenvalue weighted by atomic mass is 16.6. The van der Waals surface area contributed by atoms with E-state index in [1.54, 1.807) is 6.07 Å². The highest BCUT2D eigenvalue weighted by molar-refractivity contribution is 5.64. The van der Waals surface area contributed by atoms with Crippen molar-refractivity contribution in [1.29, 1.82) is 0 Å². The van der Waals surface area contributed by atoms with Crippen molar-refractivity contribution in [1.82, 2.24) is 0 Å². The Hall–Kier alpha value is -1.78. The van der Waals surface area contributed by atoms with Gasteiger partial charge in [0.25, 0.3) is 5.69 Å². The van der Waals surface area contributed by atoms with Gasteiger partial charge in [-0.3, -0.25) is 10.1 Å². The highest BCUT2D eigenvalue weighted by Crippen LogP contribution is 2.37. The van der Waals surface area contributed by atoms with Crippen LogP contribution in [0.3, 0.4) is 0 Å². The van der Waals surface area contributed by atoms with Crippen LogP contribution in [-0.2, 0) is 0 Å². The van der Waals surface area contributed by atoms with Crippen LogP contribution in [0.25, 0.3) is 0 Å². The Bertz CT molecular complexity index is 454. The molecule has 0 amide bonds. The van der Waals surface area contributed by atoms with Crippen LogP contribution in [0.4, 0.5) is 11.4 Å². The van der Waals surface area contributed by atoms with Gasteiger partial charge in [-0.25, -0.2) is 0 Å². The molecule has 18 heavy (non-hydrogen) atoms. The first-order valence-corrected chi connectivity index (χ1v) is 6.21. The molecule has 1 aliphatic rings. The zero-order chi connectivity index (χ0) is 13.3. The number of phenols is 1. The molecule has 0 spiro atoms. The number of nitrogens with zero attached hydrogens (tertiary/aromatic N) is 1. The van der Waals surface area contributed by atoms with Crippen molar-refractivity contribution >= 4 is 11.4 Å². The van der Waals surface area contributed by atoms with Crippen LogP contribution in [-0.4, -0.2) is 16.1 Å². The number of nitro groups is 1. The number of hydrogen-bond donors (Lipinski definition) is 2. The maximum Gasteiger partial charge on any atom is 0.296 e. The normalized spacial score (nSPS) is 22.6. The molecule has 98 valence electrons. The first-order valence-electron chi connectivity index (χ1n) is 6.21. The lowest BCUT2D eigenvalue weighted by atomic mass is 9.73. The molecule has 5 heteroatoms. The summed E-state index contributed by atoms with van der Waals surface area (Å²) in [7, 11) is 0. The van der Waals surface area contributed by atoms with Crippen LogP contribution in [0.15, 0.2) is 18.2 Å². The third-order valence-electron chi connectivity index (χ3n) is 3.65. The van der Waals surface area contributed by atoms with E-state index < -0.39 is 4.92 Å². The van der Waals surface area contributed by atoms with E-state index in [1.165, 1.54) is 12.1 Å². The van der Waals surface area contributed by atoms with Crippen LogP contribution >= 0.6 is 0 Å². The van der Waals surface area contributed by atoms with E-state index in [0.717, 1.165) is 12.8 Å². The van der Waals surface area contributed by atoms with E-state index >= 15 is 0 Å². The maximum atomic E-state index is 10.9. The fourth-order valence-corrected chi connectivity index (χ4v) is 2.34. The van der Waals surface area contributed by atoms with Crippen LogP contribution in [0, 0.1) is 22.0 Å². The number of nitrogens with one attached hydrogen (secondary N) is 1. The second kappa shape index (κ2) is 4.84. The summed E-state index contributed by atoms with van der Waals surface area (Å²) < 4.78 is 0. The van der Waals surface area contributed by atoms with Crippen molar-refractivity contribution in [3.05, 3.63) is 28.3 Å². The predicted octanol–water partition coefficient (Wildman–Crippen LogP) is 3.15. The number of phenolic OH excluding ortho intramolecular Hbond substituents is 1. The van der Waals surface area contributed by atoms with E-state index in [1.807, 2.05) is 0 Å². The Balaban J connectivity index is 2.04. The van der Waals surface area contributed by atoms with Gasteiger partial charge in [0, 0.05) is 6.04 Å². The van der Waals surface area contributed by atoms with Gasteiger partial charge >= 0.3 is 0 Å². The van der Waals surface area contributed by atoms with Gasteiger partial charge in [-0.1, -0.05) is 13.8 Å². The molecule has 0 atom stereocenters. The summed E-state index contributed by atoms with van der Waals surface area (Å²) in [5.41, 5.74) is 0.424. The average molecular weight is 250 g/mol. The SMILES string of the molecule is CC(C)C1CC(Nc2ccc(O)cc2[N+](=O)[O-])C1. The molecule has 0 heterocycles. The summed E-state index contributed by atoms with van der Waals surface area (Å²) in [5, 5.41) is 23.4. The Morgan fingerprint density at radius 3 is 2.67 bits per heavy atom. The molecule has 2 rings (SSSR count). The molecule has 0 aromatic heterocycles. The van der Waals surface area contributed by atoms with Crippen molar-refractivity contribution in [2.45, 2.75) is 32.7 Å². The first-order chi connectivity index (χ1) is 8.47. The summed E-state index contributed by atoms with van der Waals surface area (Å²) >= 11 is 0. The van der Waals surface area contributed by atoms with Crippen LogP contribution in [0.2, 0.25) is 0 Å². The predicted molar refractivity (Wildman–Crippen MR) is 69.7 cm³/mol. The lowest BCUT2D eigenvalue weighted by Crippen LogP contribution is -2.38. The molecule has 0 unspecified atom stereocenters. The number of benzene rings is 1. The van der Waals surface area contributed by atoms with E-state index in [2.05, 4.69) is 19.2 Å². The summed E-state index contributed by atoms with van der Waals surface area (Å²) in [6, 6.07) is 4.52. The van der Waals surface area contributed by atoms with E-state index in [-0.39, 0.29) is 11.4 Å². The van der Waals surface area contributed by atoms with Crippen LogP contribution in [0.5, 0.6) is 5.75 Å². The lowest BCUT2D eigenvalue weighted by molar-refractivity contribution is -0.384. The minimum atomic E-state index is -0.472. The molecule has 1 aromatic rings. The molecule has 0 radical (unpaired) electrons. The summed E-state index contributed by atoms with van der Waals surface area (Å²) in [6.45, 7) is 4.40. The zero-order valence-electron chi connectivity index (χ0n) is 10.6. The minimum absolute atomic E-state index is 0.0667. The largest absolute Gasteiger partial charge is 0.508 e. The number of hydrogen-bond acceptors (Lipinski definition) is 4. The molecular weight excluding hydrogens is 232 g/mol. The second-order valence-corrected chi connectivity index (χ2v) is 5.28. The van der Waals surface area contributed by atoms with Gasteiger partial charge < -0.3 is 10.4 Å². The van der Waals surface area contributed by atoms with Crippen LogP contribution < -0.4 is 5.32 Å². The number of nitro benzene ring substituents is 1. The van der Waals surface area contributed by atoms with Crippen molar-refractivity contribution in [2.75, 3.05) is 5.32 Å². The molecule has 0 bridgehead atoms. The Kier molecular flexibility index (Phi) is 3.41. The topological polar surface area (TPSA) is 75.4 Å². The molecule has 5 nitrogen and oxygen atoms in total. The molecule has 1 aliphatic carbocycles. The molecular formula is C13H18N2O3. The van der Waals surface area contributed by atoms with Gasteiger partial charge in [0.1, 0.15) is 11.4 Å². The summed E-state index contributed by atoms with van der Waals surface area (Å²) in [4.78, 5) is 10.4. The Morgan fingerprint density at radius 2 is 2.11 bits per heavy atom. The van der Waals surface area contributed by atoms with E-state index in [4.69, 9.17) is 0 Å². The number of anilines is 1. The van der Waals surface area contributed by atoms with E-state index in [9.17, 15) is 15.2 Å². The van der Waals surface area contributed by atoms with Gasteiger partial charge in [-0.15, -0.1) is 0 Å². The second-order valence-electron chi connectivity index (χ2n) is 5.28. The quantitative estimate of drug-likeness (QED) is 0.489. The fraction of sp³-hybridized carbons (Fsp3) is 0.538. The van der Waals surface area contributed by atoms with Gasteiger partial charge in [-0.2, -0.15) is 0 Å². The highest BCUT2D eigenvalue weighted by Gasteiger charge is 2.32. The Labute approximate surface area is 106 Å². The van der Waals surface area contributed by atoms with Gasteiger partial charge in [-0.05, 0) is 36.8 Å². The van der Waals surface area contributed by atoms with Gasteiger partial charge in [0.15, 0.2) is 0 Å². The molecule has 0 aliphatic heterocycles. The third-order valence-corrected chi connectivity index (χ3v) is 3.65. The summed E-state index contributed by atoms with van der Waals surface area (Å²) in [5.74, 6) is 1.29. The van der Waals surface area contributed by atoms with Crippen molar-refractivity contribution in [3.63, 3.8) is 0 Å². The number of rotatable bonds is 4.